The van der Waals surface area contributed by atoms with Crippen molar-refractivity contribution >= 4 is 56.4 Å². The van der Waals surface area contributed by atoms with E-state index in [1.54, 1.807) is 0 Å². The second-order valence-electron chi connectivity index (χ2n) is 14.7. The van der Waals surface area contributed by atoms with Crippen molar-refractivity contribution in [3.63, 3.8) is 0 Å². The molecule has 11 rings (SSSR count). The molecule has 1 aliphatic rings. The minimum absolute atomic E-state index is 0.867. The van der Waals surface area contributed by atoms with Gasteiger partial charge in [-0.1, -0.05) is 176 Å². The summed E-state index contributed by atoms with van der Waals surface area (Å²) in [5, 5.41) is 7.01. The summed E-state index contributed by atoms with van der Waals surface area (Å²) in [6.45, 7) is 0. The summed E-state index contributed by atoms with van der Waals surface area (Å²) in [6, 6.07) is 71.7. The van der Waals surface area contributed by atoms with Crippen molar-refractivity contribution in [3.05, 3.63) is 223 Å². The van der Waals surface area contributed by atoms with Crippen LogP contribution in [0.2, 0.25) is 0 Å². The molecule has 288 valence electrons. The fourth-order valence-electron chi connectivity index (χ4n) is 8.78. The second kappa shape index (κ2) is 15.0. The third-order valence-corrected chi connectivity index (χ3v) is 11.1. The van der Waals surface area contributed by atoms with Crippen molar-refractivity contribution < 1.29 is 26.4 Å². The molecule has 0 amide bonds. The molecule has 0 radical (unpaired) electrons. The molecule has 7 heteroatoms. The number of ether oxygens (including phenoxy) is 1. The van der Waals surface area contributed by atoms with Gasteiger partial charge in [-0.15, -0.1) is 0 Å². The fraction of sp³-hybridized carbons (Fsp3) is 0. The van der Waals surface area contributed by atoms with Crippen molar-refractivity contribution in [3.8, 4) is 39.3 Å². The highest BCUT2D eigenvalue weighted by molar-refractivity contribution is 6.50. The quantitative estimate of drug-likeness (QED) is 0.0557. The molecular formula is C53H34BF4NO. The SMILES string of the molecule is F[B-](F)(F)F.c1ccc(C2=C(c3ccccc3)c3cccc4c3c(cc3c(-c5ccccc5)c5c6ccccc6c(-c6ccccc6)c(-c6ccccc6)[n+]5cc34)O2)cc1. The highest BCUT2D eigenvalue weighted by Gasteiger charge is 2.32. The zero-order valence-electron chi connectivity index (χ0n) is 32.1. The van der Waals surface area contributed by atoms with Gasteiger partial charge in [-0.25, -0.2) is 0 Å². The van der Waals surface area contributed by atoms with E-state index in [0.717, 1.165) is 66.7 Å². The van der Waals surface area contributed by atoms with Crippen LogP contribution in [-0.2, 0) is 0 Å². The number of aromatic nitrogens is 1. The molecule has 1 aliphatic heterocycles. The summed E-state index contributed by atoms with van der Waals surface area (Å²) in [4.78, 5) is 0. The summed E-state index contributed by atoms with van der Waals surface area (Å²) >= 11 is 0. The van der Waals surface area contributed by atoms with Crippen LogP contribution in [0, 0.1) is 0 Å². The Balaban J connectivity index is 0.000000820. The molecule has 10 aromatic rings. The predicted octanol–water partition coefficient (Wildman–Crippen LogP) is 14.5. The molecule has 0 atom stereocenters. The number of halogens is 4. The minimum atomic E-state index is -6.00. The molecule has 2 aromatic heterocycles. The first-order valence-electron chi connectivity index (χ1n) is 19.7. The van der Waals surface area contributed by atoms with Gasteiger partial charge in [-0.2, -0.15) is 4.40 Å². The Morgan fingerprint density at radius 1 is 0.400 bits per heavy atom. The normalized spacial score (nSPS) is 12.4. The van der Waals surface area contributed by atoms with E-state index in [1.807, 2.05) is 0 Å². The maximum atomic E-state index is 9.75. The molecular weight excluding hydrogens is 753 g/mol. The van der Waals surface area contributed by atoms with Gasteiger partial charge in [0.15, 0.2) is 6.20 Å². The first kappa shape index (κ1) is 36.8. The molecule has 0 unspecified atom stereocenters. The Morgan fingerprint density at radius 3 is 1.45 bits per heavy atom. The maximum absolute atomic E-state index is 9.75. The molecule has 0 spiro atoms. The Labute approximate surface area is 344 Å². The van der Waals surface area contributed by atoms with Crippen LogP contribution in [-0.4, -0.2) is 7.25 Å². The molecule has 0 fully saturated rings. The highest BCUT2D eigenvalue weighted by atomic mass is 19.5. The van der Waals surface area contributed by atoms with Crippen LogP contribution < -0.4 is 9.14 Å². The number of hydrogen-bond donors (Lipinski definition) is 0. The lowest BCUT2D eigenvalue weighted by atomic mass is 9.85. The Bertz CT molecular complexity index is 3240. The molecule has 0 saturated carbocycles. The topological polar surface area (TPSA) is 13.3 Å². The van der Waals surface area contributed by atoms with E-state index in [0.29, 0.717) is 0 Å². The standard InChI is InChI=1S/C53H34NO.BF4/c1-6-19-35(20-7-1)47-40-29-16-17-30-42(40)52-48(36-21-8-2-9-22-36)44-33-46-50-41(45(44)34-54(52)51(47)38-25-12-4-13-26-38)31-18-32-43(50)49(37-23-10-3-11-24-37)53(55-46)39-27-14-5-15-28-39;2-1(3,4)5/h1-34H;/q+1;-1. The van der Waals surface area contributed by atoms with Gasteiger partial charge < -0.3 is 22.0 Å². The molecule has 2 nitrogen and oxygen atoms in total. The molecule has 60 heavy (non-hydrogen) atoms. The van der Waals surface area contributed by atoms with Gasteiger partial charge in [-0.05, 0) is 51.9 Å². The van der Waals surface area contributed by atoms with Gasteiger partial charge in [0.05, 0.1) is 21.9 Å². The van der Waals surface area contributed by atoms with E-state index in [9.17, 15) is 17.3 Å². The van der Waals surface area contributed by atoms with Crippen molar-refractivity contribution in [1.29, 1.82) is 0 Å². The minimum Gasteiger partial charge on any atom is -0.455 e. The van der Waals surface area contributed by atoms with E-state index in [4.69, 9.17) is 4.74 Å². The van der Waals surface area contributed by atoms with E-state index >= 15 is 0 Å². The van der Waals surface area contributed by atoms with Crippen LogP contribution in [0.4, 0.5) is 17.3 Å². The monoisotopic (exact) mass is 787 g/mol. The van der Waals surface area contributed by atoms with Gasteiger partial charge in [0.2, 0.25) is 11.2 Å². The summed E-state index contributed by atoms with van der Waals surface area (Å²) in [7, 11) is -6.00. The van der Waals surface area contributed by atoms with E-state index in [2.05, 4.69) is 211 Å². The molecule has 0 N–H and O–H groups in total. The lowest BCUT2D eigenvalue weighted by Gasteiger charge is -2.26. The predicted molar refractivity (Wildman–Crippen MR) is 238 cm³/mol. The average Bonchev–Trinajstić information content (AvgIpc) is 3.29. The first-order chi connectivity index (χ1) is 29.3. The molecule has 8 aromatic carbocycles. The van der Waals surface area contributed by atoms with Gasteiger partial charge in [-0.3, -0.25) is 0 Å². The number of rotatable bonds is 5. The second-order valence-corrected chi connectivity index (χ2v) is 14.7. The number of fused-ring (bicyclic) bond motifs is 5. The number of pyridine rings is 2. The fourth-order valence-corrected chi connectivity index (χ4v) is 8.78. The molecule has 3 heterocycles. The highest BCUT2D eigenvalue weighted by Crippen LogP contribution is 2.50. The van der Waals surface area contributed by atoms with Crippen LogP contribution in [0.5, 0.6) is 5.75 Å². The third-order valence-electron chi connectivity index (χ3n) is 11.1. The van der Waals surface area contributed by atoms with E-state index < -0.39 is 7.25 Å². The van der Waals surface area contributed by atoms with Crippen molar-refractivity contribution in [2.45, 2.75) is 0 Å². The summed E-state index contributed by atoms with van der Waals surface area (Å²) in [5.41, 5.74) is 12.7. The summed E-state index contributed by atoms with van der Waals surface area (Å²) < 4.78 is 48.7. The molecule has 0 saturated heterocycles. The number of hydrogen-bond acceptors (Lipinski definition) is 1. The molecule has 0 bridgehead atoms. The third kappa shape index (κ3) is 6.54. The van der Waals surface area contributed by atoms with E-state index in [-0.39, 0.29) is 0 Å². The van der Waals surface area contributed by atoms with Gasteiger partial charge in [0, 0.05) is 32.9 Å². The summed E-state index contributed by atoms with van der Waals surface area (Å²) in [6.07, 6.45) is 2.39. The van der Waals surface area contributed by atoms with Gasteiger partial charge in [0.1, 0.15) is 11.5 Å². The lowest BCUT2D eigenvalue weighted by molar-refractivity contribution is -0.495. The zero-order chi connectivity index (χ0) is 40.8. The van der Waals surface area contributed by atoms with Crippen LogP contribution in [0.1, 0.15) is 16.7 Å². The Morgan fingerprint density at radius 2 is 0.867 bits per heavy atom. The average molecular weight is 788 g/mol. The van der Waals surface area contributed by atoms with Crippen LogP contribution in [0.3, 0.4) is 0 Å². The van der Waals surface area contributed by atoms with Crippen LogP contribution in [0.25, 0.3) is 82.7 Å². The summed E-state index contributed by atoms with van der Waals surface area (Å²) in [5.74, 6) is 1.73. The van der Waals surface area contributed by atoms with Crippen LogP contribution in [0.15, 0.2) is 206 Å². The Hall–Kier alpha value is -7.51. The van der Waals surface area contributed by atoms with Crippen LogP contribution >= 0.6 is 0 Å². The number of nitrogens with zero attached hydrogens (tertiary/aromatic N) is 1. The van der Waals surface area contributed by atoms with Gasteiger partial charge in [0.25, 0.3) is 0 Å². The van der Waals surface area contributed by atoms with Crippen molar-refractivity contribution in [1.82, 2.24) is 0 Å². The van der Waals surface area contributed by atoms with E-state index in [1.165, 1.54) is 38.4 Å². The lowest BCUT2D eigenvalue weighted by Crippen LogP contribution is -2.27. The Kier molecular flexibility index (Phi) is 9.22. The zero-order valence-corrected chi connectivity index (χ0v) is 32.1. The van der Waals surface area contributed by atoms with Gasteiger partial charge >= 0.3 is 7.25 Å². The largest absolute Gasteiger partial charge is 0.673 e. The van der Waals surface area contributed by atoms with Crippen molar-refractivity contribution in [2.75, 3.05) is 0 Å². The first-order valence-corrected chi connectivity index (χ1v) is 19.7. The van der Waals surface area contributed by atoms with Crippen molar-refractivity contribution in [2.24, 2.45) is 0 Å². The maximum Gasteiger partial charge on any atom is 0.673 e. The number of benzene rings is 8. The smallest absolute Gasteiger partial charge is 0.455 e. The molecule has 0 aliphatic carbocycles.